The normalized spacial score (nSPS) is 17.9. The van der Waals surface area contributed by atoms with Gasteiger partial charge in [-0.25, -0.2) is 0 Å². The molecule has 2 heteroatoms. The monoisotopic (exact) mass is 294 g/mol. The van der Waals surface area contributed by atoms with E-state index in [4.69, 9.17) is 9.47 Å². The molecule has 2 aromatic carbocycles. The average Bonchev–Trinajstić information content (AvgIpc) is 3.32. The smallest absolute Gasteiger partial charge is 0.123 e. The third-order valence-corrected chi connectivity index (χ3v) is 5.34. The Hall–Kier alpha value is -1.96. The van der Waals surface area contributed by atoms with Crippen molar-refractivity contribution in [1.29, 1.82) is 0 Å². The summed E-state index contributed by atoms with van der Waals surface area (Å²) in [6.07, 6.45) is 6.74. The molecule has 2 aliphatic rings. The fourth-order valence-electron chi connectivity index (χ4n) is 3.68. The van der Waals surface area contributed by atoms with E-state index in [9.17, 15) is 0 Å². The zero-order valence-electron chi connectivity index (χ0n) is 13.3. The van der Waals surface area contributed by atoms with Crippen LogP contribution >= 0.6 is 0 Å². The lowest BCUT2D eigenvalue weighted by Gasteiger charge is -2.24. The summed E-state index contributed by atoms with van der Waals surface area (Å²) in [5.41, 5.74) is 6.17. The van der Waals surface area contributed by atoms with E-state index in [1.165, 1.54) is 43.2 Å². The quantitative estimate of drug-likeness (QED) is 0.821. The highest BCUT2D eigenvalue weighted by Crippen LogP contribution is 2.54. The summed E-state index contributed by atoms with van der Waals surface area (Å²) in [5, 5.41) is 0. The number of hydrogen-bond acceptors (Lipinski definition) is 2. The van der Waals surface area contributed by atoms with E-state index in [-0.39, 0.29) is 0 Å². The van der Waals surface area contributed by atoms with Gasteiger partial charge in [-0.2, -0.15) is 0 Å². The van der Waals surface area contributed by atoms with E-state index in [1.54, 1.807) is 19.8 Å². The zero-order chi connectivity index (χ0) is 15.2. The van der Waals surface area contributed by atoms with Crippen LogP contribution in [0.4, 0.5) is 0 Å². The van der Waals surface area contributed by atoms with E-state index < -0.39 is 0 Å². The summed E-state index contributed by atoms with van der Waals surface area (Å²) in [6, 6.07) is 13.0. The van der Waals surface area contributed by atoms with Crippen LogP contribution in [0.1, 0.15) is 30.4 Å². The van der Waals surface area contributed by atoms with Crippen molar-refractivity contribution in [2.45, 2.75) is 32.1 Å². The lowest BCUT2D eigenvalue weighted by Crippen LogP contribution is -2.14. The first-order valence-corrected chi connectivity index (χ1v) is 8.07. The van der Waals surface area contributed by atoms with E-state index >= 15 is 0 Å². The van der Waals surface area contributed by atoms with Gasteiger partial charge in [-0.05, 0) is 71.9 Å². The van der Waals surface area contributed by atoms with Gasteiger partial charge in [-0.3, -0.25) is 0 Å². The molecule has 0 unspecified atom stereocenters. The van der Waals surface area contributed by atoms with Crippen molar-refractivity contribution in [2.24, 2.45) is 5.41 Å². The second-order valence-electron chi connectivity index (χ2n) is 6.76. The summed E-state index contributed by atoms with van der Waals surface area (Å²) in [5.74, 6) is 1.67. The molecule has 0 bridgehead atoms. The highest BCUT2D eigenvalue weighted by Gasteiger charge is 2.44. The van der Waals surface area contributed by atoms with Crippen molar-refractivity contribution in [3.8, 4) is 22.6 Å². The van der Waals surface area contributed by atoms with Crippen LogP contribution in [0.2, 0.25) is 0 Å². The molecule has 1 fully saturated rings. The molecule has 0 N–H and O–H groups in total. The molecular weight excluding hydrogens is 272 g/mol. The minimum atomic E-state index is 0.674. The van der Waals surface area contributed by atoms with Crippen molar-refractivity contribution >= 4 is 0 Å². The number of hydrogen-bond donors (Lipinski definition) is 0. The Balaban J connectivity index is 1.71. The van der Waals surface area contributed by atoms with Gasteiger partial charge in [0, 0.05) is 6.07 Å². The second-order valence-corrected chi connectivity index (χ2v) is 6.76. The molecule has 4 rings (SSSR count). The Labute approximate surface area is 132 Å². The van der Waals surface area contributed by atoms with E-state index in [1.807, 2.05) is 6.07 Å². The van der Waals surface area contributed by atoms with Crippen LogP contribution in [0.25, 0.3) is 11.1 Å². The summed E-state index contributed by atoms with van der Waals surface area (Å²) >= 11 is 0. The molecule has 1 spiro atoms. The standard InChI is InChI=1S/C20H22O2/c1-21-18-10-17(11-19(12-18)22-2)14-3-4-16-13-20(7-8-20)6-5-15(16)9-14/h3-4,9-12H,5-8,13H2,1-2H3. The average molecular weight is 294 g/mol. The first-order chi connectivity index (χ1) is 10.7. The Morgan fingerprint density at radius 2 is 1.50 bits per heavy atom. The maximum atomic E-state index is 5.39. The van der Waals surface area contributed by atoms with E-state index in [0.717, 1.165) is 17.1 Å². The van der Waals surface area contributed by atoms with Gasteiger partial charge in [0.2, 0.25) is 0 Å². The number of ether oxygens (including phenoxy) is 2. The lowest BCUT2D eigenvalue weighted by atomic mass is 9.80. The zero-order valence-corrected chi connectivity index (χ0v) is 13.3. The molecule has 114 valence electrons. The molecule has 0 atom stereocenters. The van der Waals surface area contributed by atoms with E-state index in [2.05, 4.69) is 30.3 Å². The van der Waals surface area contributed by atoms with Gasteiger partial charge in [-0.15, -0.1) is 0 Å². The topological polar surface area (TPSA) is 18.5 Å². The number of rotatable bonds is 3. The predicted octanol–water partition coefficient (Wildman–Crippen LogP) is 4.64. The summed E-state index contributed by atoms with van der Waals surface area (Å²) < 4.78 is 10.8. The molecule has 2 aromatic rings. The van der Waals surface area contributed by atoms with Gasteiger partial charge in [0.25, 0.3) is 0 Å². The van der Waals surface area contributed by atoms with Crippen LogP contribution in [0.5, 0.6) is 11.5 Å². The van der Waals surface area contributed by atoms with Gasteiger partial charge in [0.05, 0.1) is 14.2 Å². The minimum absolute atomic E-state index is 0.674. The fraction of sp³-hybridized carbons (Fsp3) is 0.400. The third kappa shape index (κ3) is 2.37. The minimum Gasteiger partial charge on any atom is -0.497 e. The predicted molar refractivity (Wildman–Crippen MR) is 88.7 cm³/mol. The van der Waals surface area contributed by atoms with Gasteiger partial charge < -0.3 is 9.47 Å². The Morgan fingerprint density at radius 3 is 2.14 bits per heavy atom. The molecular formula is C20H22O2. The molecule has 0 saturated heterocycles. The molecule has 2 nitrogen and oxygen atoms in total. The number of fused-ring (bicyclic) bond motifs is 1. The van der Waals surface area contributed by atoms with Crippen molar-refractivity contribution < 1.29 is 9.47 Å². The van der Waals surface area contributed by atoms with Crippen LogP contribution < -0.4 is 9.47 Å². The molecule has 0 aromatic heterocycles. The first kappa shape index (κ1) is 13.7. The van der Waals surface area contributed by atoms with Crippen molar-refractivity contribution in [2.75, 3.05) is 14.2 Å². The molecule has 1 saturated carbocycles. The number of aryl methyl sites for hydroxylation is 1. The Bertz CT molecular complexity index is 691. The highest BCUT2D eigenvalue weighted by atomic mass is 16.5. The van der Waals surface area contributed by atoms with Crippen LogP contribution in [-0.2, 0) is 12.8 Å². The first-order valence-electron chi connectivity index (χ1n) is 8.07. The van der Waals surface area contributed by atoms with Crippen LogP contribution in [0.15, 0.2) is 36.4 Å². The van der Waals surface area contributed by atoms with Crippen molar-refractivity contribution in [1.82, 2.24) is 0 Å². The maximum absolute atomic E-state index is 5.39. The SMILES string of the molecule is COc1cc(OC)cc(-c2ccc3c(c2)CCC2(CC2)C3)c1. The lowest BCUT2D eigenvalue weighted by molar-refractivity contribution is 0.394. The summed E-state index contributed by atoms with van der Waals surface area (Å²) in [7, 11) is 3.39. The van der Waals surface area contributed by atoms with E-state index in [0.29, 0.717) is 5.41 Å². The van der Waals surface area contributed by atoms with Crippen LogP contribution in [0.3, 0.4) is 0 Å². The molecule has 22 heavy (non-hydrogen) atoms. The van der Waals surface area contributed by atoms with Crippen LogP contribution in [0, 0.1) is 5.41 Å². The Kier molecular flexibility index (Phi) is 3.14. The molecule has 0 radical (unpaired) electrons. The van der Waals surface area contributed by atoms with Gasteiger partial charge in [-0.1, -0.05) is 18.2 Å². The largest absolute Gasteiger partial charge is 0.497 e. The Morgan fingerprint density at radius 1 is 0.773 bits per heavy atom. The summed E-state index contributed by atoms with van der Waals surface area (Å²) in [6.45, 7) is 0. The molecule has 0 aliphatic heterocycles. The molecule has 0 heterocycles. The van der Waals surface area contributed by atoms with Crippen molar-refractivity contribution in [3.63, 3.8) is 0 Å². The van der Waals surface area contributed by atoms with Crippen molar-refractivity contribution in [3.05, 3.63) is 47.5 Å². The molecule has 2 aliphatic carbocycles. The fourth-order valence-corrected chi connectivity index (χ4v) is 3.68. The summed E-state index contributed by atoms with van der Waals surface area (Å²) in [4.78, 5) is 0. The number of methoxy groups -OCH3 is 2. The van der Waals surface area contributed by atoms with Gasteiger partial charge in [0.15, 0.2) is 0 Å². The number of benzene rings is 2. The second kappa shape index (κ2) is 5.05. The third-order valence-electron chi connectivity index (χ3n) is 5.34. The maximum Gasteiger partial charge on any atom is 0.123 e. The van der Waals surface area contributed by atoms with Gasteiger partial charge in [0.1, 0.15) is 11.5 Å². The molecule has 0 amide bonds. The highest BCUT2D eigenvalue weighted by molar-refractivity contribution is 5.68. The van der Waals surface area contributed by atoms with Gasteiger partial charge >= 0.3 is 0 Å². The van der Waals surface area contributed by atoms with Crippen LogP contribution in [-0.4, -0.2) is 14.2 Å².